The fourth-order valence-corrected chi connectivity index (χ4v) is 4.63. The average molecular weight is 432 g/mol. The van der Waals surface area contributed by atoms with Crippen molar-refractivity contribution in [3.05, 3.63) is 37.9 Å². The maximum Gasteiger partial charge on any atom is 0.349 e. The first-order chi connectivity index (χ1) is 14.4. The number of nitrogens with zero attached hydrogens (tertiary/aromatic N) is 2. The Balaban J connectivity index is 1.59. The van der Waals surface area contributed by atoms with E-state index in [1.165, 1.54) is 0 Å². The van der Waals surface area contributed by atoms with Gasteiger partial charge in [-0.05, 0) is 25.8 Å². The maximum atomic E-state index is 12.8. The molecule has 2 aromatic heterocycles. The van der Waals surface area contributed by atoms with Crippen LogP contribution in [0.25, 0.3) is 10.2 Å². The van der Waals surface area contributed by atoms with Gasteiger partial charge in [0.2, 0.25) is 0 Å². The van der Waals surface area contributed by atoms with Crippen LogP contribution in [0.2, 0.25) is 0 Å². The minimum atomic E-state index is -0.649. The summed E-state index contributed by atoms with van der Waals surface area (Å²) in [5.74, 6) is -0.514. The molecule has 0 fully saturated rings. The number of hydrogen-bond donors (Lipinski definition) is 2. The molecule has 0 saturated carbocycles. The number of aryl methyl sites for hydroxylation is 2. The lowest BCUT2D eigenvalue weighted by Gasteiger charge is -2.21. The molecule has 30 heavy (non-hydrogen) atoms. The van der Waals surface area contributed by atoms with Gasteiger partial charge in [0.15, 0.2) is 0 Å². The Labute approximate surface area is 174 Å². The number of ether oxygens (including phenoxy) is 2. The van der Waals surface area contributed by atoms with Crippen LogP contribution in [-0.4, -0.2) is 47.3 Å². The monoisotopic (exact) mass is 432 g/mol. The van der Waals surface area contributed by atoms with Crippen molar-refractivity contribution in [3.63, 3.8) is 0 Å². The minimum Gasteiger partial charge on any atom is -0.463 e. The number of fused-ring (bicyclic) bond motifs is 2. The fraction of sp³-hybridized carbons (Fsp3) is 0.421. The van der Waals surface area contributed by atoms with Gasteiger partial charge >= 0.3 is 18.0 Å². The number of carbonyl (C=O) groups is 3. The van der Waals surface area contributed by atoms with Crippen molar-refractivity contribution in [3.8, 4) is 0 Å². The van der Waals surface area contributed by atoms with Crippen molar-refractivity contribution in [2.24, 2.45) is 0 Å². The molecule has 0 aromatic carbocycles. The number of hydrogen-bond acceptors (Lipinski definition) is 8. The molecule has 0 unspecified atom stereocenters. The van der Waals surface area contributed by atoms with Gasteiger partial charge in [-0.2, -0.15) is 0 Å². The quantitative estimate of drug-likeness (QED) is 0.675. The van der Waals surface area contributed by atoms with E-state index >= 15 is 0 Å². The standard InChI is InChI=1S/C19H20N4O6S/c1-3-28-17(25)10-7-20-19(27)21-11(10)8-29-18(26)14-9(2)13-15(30-14)22-12-5-4-6-23(12)16(13)24/h3-8H2,1-2H3,(H2,20,21,27). The van der Waals surface area contributed by atoms with Gasteiger partial charge in [-0.3, -0.25) is 9.36 Å². The second kappa shape index (κ2) is 7.90. The summed E-state index contributed by atoms with van der Waals surface area (Å²) in [6.07, 6.45) is 1.62. The fourth-order valence-electron chi connectivity index (χ4n) is 3.54. The Hall–Kier alpha value is -3.21. The summed E-state index contributed by atoms with van der Waals surface area (Å²) >= 11 is 1.11. The summed E-state index contributed by atoms with van der Waals surface area (Å²) in [5, 5.41) is 5.40. The summed E-state index contributed by atoms with van der Waals surface area (Å²) in [7, 11) is 0. The molecule has 0 bridgehead atoms. The highest BCUT2D eigenvalue weighted by atomic mass is 32.1. The Morgan fingerprint density at radius 2 is 2.03 bits per heavy atom. The molecule has 4 heterocycles. The van der Waals surface area contributed by atoms with E-state index in [0.29, 0.717) is 22.3 Å². The number of aromatic nitrogens is 2. The van der Waals surface area contributed by atoms with Gasteiger partial charge in [0, 0.05) is 13.0 Å². The average Bonchev–Trinajstić information content (AvgIpc) is 3.31. The second-order valence-electron chi connectivity index (χ2n) is 6.89. The van der Waals surface area contributed by atoms with Gasteiger partial charge in [-0.25, -0.2) is 19.4 Å². The molecule has 0 spiro atoms. The molecule has 0 radical (unpaired) electrons. The molecule has 11 heteroatoms. The number of carbonyl (C=O) groups excluding carboxylic acids is 3. The number of thiophene rings is 1. The molecule has 10 nitrogen and oxygen atoms in total. The Kier molecular flexibility index (Phi) is 5.29. The van der Waals surface area contributed by atoms with E-state index in [1.54, 1.807) is 18.4 Å². The van der Waals surface area contributed by atoms with E-state index in [0.717, 1.165) is 30.0 Å². The molecular weight excluding hydrogens is 412 g/mol. The molecule has 2 aromatic rings. The lowest BCUT2D eigenvalue weighted by Crippen LogP contribution is -2.45. The van der Waals surface area contributed by atoms with E-state index in [4.69, 9.17) is 9.47 Å². The van der Waals surface area contributed by atoms with Crippen LogP contribution in [-0.2, 0) is 27.2 Å². The Morgan fingerprint density at radius 3 is 2.80 bits per heavy atom. The van der Waals surface area contributed by atoms with Crippen molar-refractivity contribution < 1.29 is 23.9 Å². The largest absolute Gasteiger partial charge is 0.463 e. The van der Waals surface area contributed by atoms with Gasteiger partial charge in [0.05, 0.1) is 29.8 Å². The number of urea groups is 1. The number of esters is 2. The van der Waals surface area contributed by atoms with Crippen LogP contribution in [0.4, 0.5) is 4.79 Å². The summed E-state index contributed by atoms with van der Waals surface area (Å²) in [6.45, 7) is 3.84. The first-order valence-electron chi connectivity index (χ1n) is 9.54. The zero-order chi connectivity index (χ0) is 21.4. The lowest BCUT2D eigenvalue weighted by molar-refractivity contribution is -0.138. The molecule has 158 valence electrons. The van der Waals surface area contributed by atoms with E-state index in [9.17, 15) is 19.2 Å². The molecule has 0 saturated heterocycles. The van der Waals surface area contributed by atoms with Crippen molar-refractivity contribution in [2.75, 3.05) is 19.8 Å². The smallest absolute Gasteiger partial charge is 0.349 e. The zero-order valence-electron chi connectivity index (χ0n) is 16.5. The number of nitrogens with one attached hydrogen (secondary N) is 2. The highest BCUT2D eigenvalue weighted by Gasteiger charge is 2.27. The minimum absolute atomic E-state index is 0.0221. The van der Waals surface area contributed by atoms with Crippen molar-refractivity contribution in [1.82, 2.24) is 20.2 Å². The van der Waals surface area contributed by atoms with Crippen molar-refractivity contribution in [2.45, 2.75) is 33.2 Å². The van der Waals surface area contributed by atoms with Gasteiger partial charge in [-0.15, -0.1) is 11.3 Å². The third-order valence-electron chi connectivity index (χ3n) is 5.02. The number of rotatable bonds is 5. The maximum absolute atomic E-state index is 12.8. The Bertz CT molecular complexity index is 1160. The second-order valence-corrected chi connectivity index (χ2v) is 7.89. The van der Waals surface area contributed by atoms with Crippen LogP contribution in [0, 0.1) is 6.92 Å². The Morgan fingerprint density at radius 1 is 1.23 bits per heavy atom. The van der Waals surface area contributed by atoms with Crippen molar-refractivity contribution in [1.29, 1.82) is 0 Å². The molecule has 2 amide bonds. The van der Waals surface area contributed by atoms with E-state index in [2.05, 4.69) is 15.6 Å². The van der Waals surface area contributed by atoms with E-state index < -0.39 is 18.0 Å². The SMILES string of the molecule is CCOC(=O)C1=C(COC(=O)c2sc3nc4n(c(=O)c3c2C)CCC4)NC(=O)NC1. The first-order valence-corrected chi connectivity index (χ1v) is 10.4. The zero-order valence-corrected chi connectivity index (χ0v) is 17.3. The highest BCUT2D eigenvalue weighted by molar-refractivity contribution is 7.20. The first kappa shape index (κ1) is 20.1. The van der Waals surface area contributed by atoms with E-state index in [1.807, 2.05) is 0 Å². The molecule has 2 aliphatic rings. The predicted octanol–water partition coefficient (Wildman–Crippen LogP) is 0.999. The predicted molar refractivity (Wildman–Crippen MR) is 107 cm³/mol. The topological polar surface area (TPSA) is 129 Å². The molecule has 0 atom stereocenters. The highest BCUT2D eigenvalue weighted by Crippen LogP contribution is 2.29. The summed E-state index contributed by atoms with van der Waals surface area (Å²) in [6, 6.07) is -0.501. The van der Waals surface area contributed by atoms with Gasteiger partial charge < -0.3 is 20.1 Å². The van der Waals surface area contributed by atoms with Crippen LogP contribution >= 0.6 is 11.3 Å². The normalized spacial score (nSPS) is 15.6. The van der Waals surface area contributed by atoms with Crippen LogP contribution in [0.5, 0.6) is 0 Å². The summed E-state index contributed by atoms with van der Waals surface area (Å²) in [5.41, 5.74) is 0.738. The van der Waals surface area contributed by atoms with Crippen LogP contribution in [0.1, 0.15) is 34.4 Å². The number of amides is 2. The van der Waals surface area contributed by atoms with Crippen LogP contribution < -0.4 is 16.2 Å². The third kappa shape index (κ3) is 3.45. The van der Waals surface area contributed by atoms with Gasteiger partial charge in [0.25, 0.3) is 5.56 Å². The molecular formula is C19H20N4O6S. The van der Waals surface area contributed by atoms with Gasteiger partial charge in [-0.1, -0.05) is 0 Å². The summed E-state index contributed by atoms with van der Waals surface area (Å²) in [4.78, 5) is 54.5. The van der Waals surface area contributed by atoms with Crippen LogP contribution in [0.3, 0.4) is 0 Å². The van der Waals surface area contributed by atoms with Crippen LogP contribution in [0.15, 0.2) is 16.1 Å². The molecule has 0 aliphatic carbocycles. The third-order valence-corrected chi connectivity index (χ3v) is 6.19. The van der Waals surface area contributed by atoms with E-state index in [-0.39, 0.29) is 41.5 Å². The lowest BCUT2D eigenvalue weighted by atomic mass is 10.1. The van der Waals surface area contributed by atoms with Crippen molar-refractivity contribution >= 4 is 39.5 Å². The molecule has 4 rings (SSSR count). The molecule has 2 N–H and O–H groups in total. The summed E-state index contributed by atoms with van der Waals surface area (Å²) < 4.78 is 12.0. The van der Waals surface area contributed by atoms with Gasteiger partial charge in [0.1, 0.15) is 22.1 Å². The molecule has 2 aliphatic heterocycles.